The largest absolute Gasteiger partial charge is 0.354 e. The molecule has 0 unspecified atom stereocenters. The zero-order valence-corrected chi connectivity index (χ0v) is 11.1. The number of amides is 1. The second-order valence-electron chi connectivity index (χ2n) is 3.68. The average Bonchev–Trinajstić information content (AvgIpc) is 2.48. The highest BCUT2D eigenvalue weighted by Crippen LogP contribution is 2.05. The third-order valence-corrected chi connectivity index (χ3v) is 2.77. The number of hydrogen-bond acceptors (Lipinski definition) is 3. The van der Waals surface area contributed by atoms with Gasteiger partial charge in [-0.3, -0.25) is 9.48 Å². The van der Waals surface area contributed by atoms with E-state index in [1.807, 2.05) is 0 Å². The van der Waals surface area contributed by atoms with Crippen molar-refractivity contribution < 1.29 is 4.79 Å². The van der Waals surface area contributed by atoms with Crippen LogP contribution in [-0.4, -0.2) is 35.3 Å². The van der Waals surface area contributed by atoms with Gasteiger partial charge in [-0.1, -0.05) is 0 Å². The van der Waals surface area contributed by atoms with Crippen molar-refractivity contribution in [2.45, 2.75) is 6.54 Å². The number of carbonyl (C=O) groups excluding carboxylic acids is 1. The molecule has 2 rings (SSSR count). The monoisotopic (exact) mass is 308 g/mol. The van der Waals surface area contributed by atoms with Crippen LogP contribution in [0.15, 0.2) is 16.9 Å². The number of rotatable bonds is 4. The number of halogens is 2. The lowest BCUT2D eigenvalue weighted by Crippen LogP contribution is -2.48. The molecule has 1 aliphatic rings. The van der Waals surface area contributed by atoms with Crippen molar-refractivity contribution in [1.82, 2.24) is 20.4 Å². The third kappa shape index (κ3) is 3.77. The molecule has 1 aromatic heterocycles. The molecule has 5 nitrogen and oxygen atoms in total. The first-order valence-electron chi connectivity index (χ1n) is 4.89. The van der Waals surface area contributed by atoms with E-state index in [-0.39, 0.29) is 24.9 Å². The van der Waals surface area contributed by atoms with Crippen LogP contribution in [0.4, 0.5) is 0 Å². The van der Waals surface area contributed by atoms with Crippen LogP contribution < -0.4 is 10.6 Å². The minimum Gasteiger partial charge on any atom is -0.354 e. The van der Waals surface area contributed by atoms with Crippen LogP contribution in [0, 0.1) is 5.92 Å². The lowest BCUT2D eigenvalue weighted by molar-refractivity contribution is -0.122. The van der Waals surface area contributed by atoms with E-state index < -0.39 is 0 Å². The van der Waals surface area contributed by atoms with Gasteiger partial charge in [0.05, 0.1) is 10.7 Å². The lowest BCUT2D eigenvalue weighted by Gasteiger charge is -2.27. The number of carbonyl (C=O) groups is 1. The van der Waals surface area contributed by atoms with Gasteiger partial charge in [0, 0.05) is 31.7 Å². The summed E-state index contributed by atoms with van der Waals surface area (Å²) in [4.78, 5) is 11.5. The summed E-state index contributed by atoms with van der Waals surface area (Å²) in [7, 11) is 0. The molecule has 0 saturated carbocycles. The Morgan fingerprint density at radius 2 is 2.44 bits per heavy atom. The summed E-state index contributed by atoms with van der Waals surface area (Å²) in [6.45, 7) is 3.06. The molecule has 1 fully saturated rings. The molecule has 1 amide bonds. The first kappa shape index (κ1) is 13.5. The Hall–Kier alpha value is -0.590. The van der Waals surface area contributed by atoms with Gasteiger partial charge < -0.3 is 10.6 Å². The van der Waals surface area contributed by atoms with Gasteiger partial charge in [0.25, 0.3) is 0 Å². The quantitative estimate of drug-likeness (QED) is 0.846. The van der Waals surface area contributed by atoms with E-state index in [4.69, 9.17) is 0 Å². The van der Waals surface area contributed by atoms with Crippen molar-refractivity contribution in [2.24, 2.45) is 5.92 Å². The zero-order valence-electron chi connectivity index (χ0n) is 8.65. The second kappa shape index (κ2) is 6.22. The molecular formula is C9H14BrClN4O. The smallest absolute Gasteiger partial charge is 0.241 e. The van der Waals surface area contributed by atoms with Crippen molar-refractivity contribution in [2.75, 3.05) is 19.6 Å². The Kier molecular flexibility index (Phi) is 5.24. The summed E-state index contributed by atoms with van der Waals surface area (Å²) in [5, 5.41) is 10.1. The number of nitrogens with zero attached hydrogens (tertiary/aromatic N) is 2. The maximum atomic E-state index is 11.5. The van der Waals surface area contributed by atoms with Gasteiger partial charge >= 0.3 is 0 Å². The second-order valence-corrected chi connectivity index (χ2v) is 4.60. The van der Waals surface area contributed by atoms with Crippen LogP contribution >= 0.6 is 28.3 Å². The number of nitrogens with one attached hydrogen (secondary N) is 2. The SMILES string of the molecule is Cl.O=C(Cn1cc(Br)cn1)NCC1CNC1. The van der Waals surface area contributed by atoms with E-state index in [1.165, 1.54) is 0 Å². The molecule has 0 bridgehead atoms. The summed E-state index contributed by atoms with van der Waals surface area (Å²) in [5.41, 5.74) is 0. The summed E-state index contributed by atoms with van der Waals surface area (Å²) < 4.78 is 2.50. The van der Waals surface area contributed by atoms with Gasteiger partial charge in [-0.05, 0) is 15.9 Å². The average molecular weight is 310 g/mol. The van der Waals surface area contributed by atoms with E-state index in [0.29, 0.717) is 5.92 Å². The van der Waals surface area contributed by atoms with Crippen LogP contribution in [0.1, 0.15) is 0 Å². The molecule has 2 N–H and O–H groups in total. The van der Waals surface area contributed by atoms with Crippen LogP contribution in [0.2, 0.25) is 0 Å². The molecule has 0 radical (unpaired) electrons. The molecule has 0 spiro atoms. The highest BCUT2D eigenvalue weighted by atomic mass is 79.9. The maximum Gasteiger partial charge on any atom is 0.241 e. The van der Waals surface area contributed by atoms with E-state index in [1.54, 1.807) is 17.1 Å². The molecule has 1 saturated heterocycles. The van der Waals surface area contributed by atoms with Gasteiger partial charge in [0.15, 0.2) is 0 Å². The van der Waals surface area contributed by atoms with Gasteiger partial charge in [-0.15, -0.1) is 12.4 Å². The Morgan fingerprint density at radius 3 is 2.94 bits per heavy atom. The van der Waals surface area contributed by atoms with Gasteiger partial charge in [0.2, 0.25) is 5.91 Å². The van der Waals surface area contributed by atoms with Crippen LogP contribution in [0.3, 0.4) is 0 Å². The molecule has 7 heteroatoms. The fourth-order valence-corrected chi connectivity index (χ4v) is 1.71. The Labute approximate surface area is 109 Å². The van der Waals surface area contributed by atoms with Crippen molar-refractivity contribution in [3.63, 3.8) is 0 Å². The Balaban J connectivity index is 0.00000128. The predicted molar refractivity (Wildman–Crippen MR) is 66.5 cm³/mol. The van der Waals surface area contributed by atoms with Crippen LogP contribution in [0.25, 0.3) is 0 Å². The van der Waals surface area contributed by atoms with Crippen LogP contribution in [0.5, 0.6) is 0 Å². The van der Waals surface area contributed by atoms with Crippen molar-refractivity contribution in [3.05, 3.63) is 16.9 Å². The molecule has 1 aliphatic heterocycles. The molecule has 0 aliphatic carbocycles. The molecule has 0 aromatic carbocycles. The van der Waals surface area contributed by atoms with E-state index in [2.05, 4.69) is 31.7 Å². The minimum atomic E-state index is 0. The molecule has 0 atom stereocenters. The van der Waals surface area contributed by atoms with Crippen molar-refractivity contribution in [1.29, 1.82) is 0 Å². The van der Waals surface area contributed by atoms with Gasteiger partial charge in [-0.2, -0.15) is 5.10 Å². The minimum absolute atomic E-state index is 0. The third-order valence-electron chi connectivity index (χ3n) is 2.36. The zero-order chi connectivity index (χ0) is 10.7. The standard InChI is InChI=1S/C9H13BrN4O.ClH/c10-8-4-13-14(5-8)6-9(15)12-3-7-1-11-2-7;/h4-5,7,11H,1-3,6H2,(H,12,15);1H. The number of aromatic nitrogens is 2. The van der Waals surface area contributed by atoms with E-state index in [9.17, 15) is 4.79 Å². The highest BCUT2D eigenvalue weighted by molar-refractivity contribution is 9.10. The fourth-order valence-electron chi connectivity index (χ4n) is 1.38. The first-order valence-corrected chi connectivity index (χ1v) is 5.69. The maximum absolute atomic E-state index is 11.5. The summed E-state index contributed by atoms with van der Waals surface area (Å²) >= 11 is 3.28. The van der Waals surface area contributed by atoms with Crippen molar-refractivity contribution in [3.8, 4) is 0 Å². The highest BCUT2D eigenvalue weighted by Gasteiger charge is 2.17. The first-order chi connectivity index (χ1) is 7.24. The fraction of sp³-hybridized carbons (Fsp3) is 0.556. The topological polar surface area (TPSA) is 59.0 Å². The summed E-state index contributed by atoms with van der Waals surface area (Å²) in [6, 6.07) is 0. The predicted octanol–water partition coefficient (Wildman–Crippen LogP) is 0.403. The normalized spacial score (nSPS) is 15.1. The number of hydrogen-bond donors (Lipinski definition) is 2. The lowest BCUT2D eigenvalue weighted by atomic mass is 10.0. The summed E-state index contributed by atoms with van der Waals surface area (Å²) in [5.74, 6) is 0.607. The van der Waals surface area contributed by atoms with Crippen molar-refractivity contribution >= 4 is 34.2 Å². The van der Waals surface area contributed by atoms with Gasteiger partial charge in [0.1, 0.15) is 6.54 Å². The Morgan fingerprint density at radius 1 is 1.69 bits per heavy atom. The van der Waals surface area contributed by atoms with E-state index in [0.717, 1.165) is 24.1 Å². The Bertz CT molecular complexity index is 353. The molecule has 2 heterocycles. The molecule has 16 heavy (non-hydrogen) atoms. The van der Waals surface area contributed by atoms with Gasteiger partial charge in [-0.25, -0.2) is 0 Å². The van der Waals surface area contributed by atoms with E-state index >= 15 is 0 Å². The van der Waals surface area contributed by atoms with Crippen LogP contribution in [-0.2, 0) is 11.3 Å². The summed E-state index contributed by atoms with van der Waals surface area (Å²) in [6.07, 6.45) is 3.45. The molecule has 90 valence electrons. The molecular weight excluding hydrogens is 295 g/mol. The molecule has 1 aromatic rings.